The number of hydrogen-bond donors (Lipinski definition) is 1. The van der Waals surface area contributed by atoms with Crippen LogP contribution >= 0.6 is 0 Å². The van der Waals surface area contributed by atoms with Gasteiger partial charge >= 0.3 is 0 Å². The van der Waals surface area contributed by atoms with E-state index in [0.29, 0.717) is 11.3 Å². The van der Waals surface area contributed by atoms with Crippen LogP contribution in [0.3, 0.4) is 0 Å². The zero-order valence-corrected chi connectivity index (χ0v) is 11.4. The number of rotatable bonds is 2. The van der Waals surface area contributed by atoms with Gasteiger partial charge in [-0.25, -0.2) is 0 Å². The summed E-state index contributed by atoms with van der Waals surface area (Å²) in [5.41, 5.74) is 8.16. The fraction of sp³-hybridized carbons (Fsp3) is 0.500. The van der Waals surface area contributed by atoms with E-state index in [-0.39, 0.29) is 11.3 Å². The van der Waals surface area contributed by atoms with Crippen LogP contribution in [0.4, 0.5) is 5.69 Å². The molecule has 0 atom stereocenters. The summed E-state index contributed by atoms with van der Waals surface area (Å²) in [7, 11) is 1.83. The minimum atomic E-state index is 0.0234. The van der Waals surface area contributed by atoms with E-state index < -0.39 is 0 Å². The highest BCUT2D eigenvalue weighted by atomic mass is 16.2. The van der Waals surface area contributed by atoms with E-state index in [1.165, 1.54) is 0 Å². The van der Waals surface area contributed by atoms with Gasteiger partial charge in [-0.15, -0.1) is 0 Å². The number of nitrogens with two attached hydrogens (primary N) is 1. The molecule has 1 aromatic rings. The Hall–Kier alpha value is -1.51. The van der Waals surface area contributed by atoms with Crippen molar-refractivity contribution in [1.82, 2.24) is 4.90 Å². The lowest BCUT2D eigenvalue weighted by molar-refractivity contribution is 0.0745. The van der Waals surface area contributed by atoms with Gasteiger partial charge in [-0.2, -0.15) is 0 Å². The first kappa shape index (κ1) is 13.6. The maximum absolute atomic E-state index is 12.2. The van der Waals surface area contributed by atoms with E-state index in [1.54, 1.807) is 11.0 Å². The van der Waals surface area contributed by atoms with Crippen molar-refractivity contribution in [1.29, 1.82) is 0 Å². The van der Waals surface area contributed by atoms with Crippen LogP contribution in [0.15, 0.2) is 18.2 Å². The molecular formula is C14H22N2O. The lowest BCUT2D eigenvalue weighted by Gasteiger charge is -2.26. The zero-order chi connectivity index (χ0) is 13.2. The molecule has 3 heteroatoms. The Morgan fingerprint density at radius 3 is 2.35 bits per heavy atom. The van der Waals surface area contributed by atoms with E-state index in [2.05, 4.69) is 20.8 Å². The summed E-state index contributed by atoms with van der Waals surface area (Å²) in [4.78, 5) is 13.9. The maximum atomic E-state index is 12.2. The number of nitrogen functional groups attached to an aromatic ring is 1. The van der Waals surface area contributed by atoms with Crippen LogP contribution in [0.25, 0.3) is 0 Å². The molecule has 0 heterocycles. The highest BCUT2D eigenvalue weighted by Gasteiger charge is 2.19. The summed E-state index contributed by atoms with van der Waals surface area (Å²) in [6.45, 7) is 9.00. The number of hydrogen-bond acceptors (Lipinski definition) is 2. The van der Waals surface area contributed by atoms with Gasteiger partial charge in [-0.1, -0.05) is 20.8 Å². The molecule has 0 bridgehead atoms. The van der Waals surface area contributed by atoms with Gasteiger partial charge in [0.25, 0.3) is 5.91 Å². The molecular weight excluding hydrogens is 212 g/mol. The molecule has 1 amide bonds. The van der Waals surface area contributed by atoms with E-state index in [9.17, 15) is 4.79 Å². The molecule has 0 spiro atoms. The molecule has 1 aromatic carbocycles. The maximum Gasteiger partial charge on any atom is 0.253 e. The summed E-state index contributed by atoms with van der Waals surface area (Å²) >= 11 is 0. The van der Waals surface area contributed by atoms with E-state index >= 15 is 0 Å². The predicted molar refractivity (Wildman–Crippen MR) is 72.0 cm³/mol. The molecule has 17 heavy (non-hydrogen) atoms. The molecule has 0 saturated carbocycles. The molecule has 0 unspecified atom stereocenters. The summed E-state index contributed by atoms with van der Waals surface area (Å²) in [6, 6.07) is 5.47. The third-order valence-electron chi connectivity index (χ3n) is 2.40. The second kappa shape index (κ2) is 4.78. The van der Waals surface area contributed by atoms with Gasteiger partial charge in [0.05, 0.1) is 0 Å². The standard InChI is InChI=1S/C14H22N2O/c1-10-6-11(8-12(15)7-10)13(17)16(5)9-14(2,3)4/h6-8H,9,15H2,1-5H3. The van der Waals surface area contributed by atoms with Crippen molar-refractivity contribution in [3.05, 3.63) is 29.3 Å². The van der Waals surface area contributed by atoms with E-state index in [4.69, 9.17) is 5.73 Å². The molecule has 3 nitrogen and oxygen atoms in total. The van der Waals surface area contributed by atoms with Crippen molar-refractivity contribution in [3.8, 4) is 0 Å². The Bertz CT molecular complexity index is 398. The van der Waals surface area contributed by atoms with Gasteiger partial charge in [-0.05, 0) is 36.1 Å². The lowest BCUT2D eigenvalue weighted by Crippen LogP contribution is -2.34. The number of carbonyl (C=O) groups is 1. The second-order valence-electron chi connectivity index (χ2n) is 5.85. The molecule has 0 fully saturated rings. The molecule has 0 saturated heterocycles. The molecule has 94 valence electrons. The number of nitrogens with zero attached hydrogens (tertiary/aromatic N) is 1. The third-order valence-corrected chi connectivity index (χ3v) is 2.40. The number of amides is 1. The monoisotopic (exact) mass is 234 g/mol. The summed E-state index contributed by atoms with van der Waals surface area (Å²) in [5, 5.41) is 0. The number of anilines is 1. The van der Waals surface area contributed by atoms with E-state index in [0.717, 1.165) is 12.1 Å². The second-order valence-corrected chi connectivity index (χ2v) is 5.85. The van der Waals surface area contributed by atoms with Gasteiger partial charge in [-0.3, -0.25) is 4.79 Å². The highest BCUT2D eigenvalue weighted by molar-refractivity contribution is 5.95. The first-order valence-corrected chi connectivity index (χ1v) is 5.82. The van der Waals surface area contributed by atoms with Gasteiger partial charge in [0.1, 0.15) is 0 Å². The fourth-order valence-electron chi connectivity index (χ4n) is 1.94. The smallest absolute Gasteiger partial charge is 0.253 e. The van der Waals surface area contributed by atoms with Crippen LogP contribution in [0, 0.1) is 12.3 Å². The Balaban J connectivity index is 2.89. The van der Waals surface area contributed by atoms with Crippen LogP contribution in [0.1, 0.15) is 36.7 Å². The summed E-state index contributed by atoms with van der Waals surface area (Å²) in [6.07, 6.45) is 0. The SMILES string of the molecule is Cc1cc(N)cc(C(=O)N(C)CC(C)(C)C)c1. The van der Waals surface area contributed by atoms with Crippen molar-refractivity contribution in [2.24, 2.45) is 5.41 Å². The minimum Gasteiger partial charge on any atom is -0.399 e. The normalized spacial score (nSPS) is 11.4. The minimum absolute atomic E-state index is 0.0234. The van der Waals surface area contributed by atoms with Crippen molar-refractivity contribution in [2.45, 2.75) is 27.7 Å². The largest absolute Gasteiger partial charge is 0.399 e. The van der Waals surface area contributed by atoms with Gasteiger partial charge in [0, 0.05) is 24.8 Å². The summed E-state index contributed by atoms with van der Waals surface area (Å²) in [5.74, 6) is 0.0234. The average molecular weight is 234 g/mol. The van der Waals surface area contributed by atoms with Gasteiger partial charge in [0.2, 0.25) is 0 Å². The van der Waals surface area contributed by atoms with Crippen LogP contribution in [-0.2, 0) is 0 Å². The third kappa shape index (κ3) is 4.10. The summed E-state index contributed by atoms with van der Waals surface area (Å²) < 4.78 is 0. The number of benzene rings is 1. The Labute approximate surface area is 104 Å². The molecule has 0 aliphatic carbocycles. The quantitative estimate of drug-likeness (QED) is 0.800. The molecule has 0 aliphatic heterocycles. The van der Waals surface area contributed by atoms with Crippen molar-refractivity contribution in [3.63, 3.8) is 0 Å². The average Bonchev–Trinajstić information content (AvgIpc) is 2.12. The predicted octanol–water partition coefficient (Wildman–Crippen LogP) is 2.70. The van der Waals surface area contributed by atoms with Gasteiger partial charge < -0.3 is 10.6 Å². The first-order chi connectivity index (χ1) is 7.69. The molecule has 0 aliphatic rings. The van der Waals surface area contributed by atoms with Crippen molar-refractivity contribution in [2.75, 3.05) is 19.3 Å². The van der Waals surface area contributed by atoms with Crippen molar-refractivity contribution >= 4 is 11.6 Å². The molecule has 2 N–H and O–H groups in total. The topological polar surface area (TPSA) is 46.3 Å². The van der Waals surface area contributed by atoms with Crippen LogP contribution in [-0.4, -0.2) is 24.4 Å². The Morgan fingerprint density at radius 1 is 1.29 bits per heavy atom. The van der Waals surface area contributed by atoms with Crippen LogP contribution in [0.2, 0.25) is 0 Å². The Kier molecular flexibility index (Phi) is 3.81. The van der Waals surface area contributed by atoms with Gasteiger partial charge in [0.15, 0.2) is 0 Å². The number of aryl methyl sites for hydroxylation is 1. The fourth-order valence-corrected chi connectivity index (χ4v) is 1.94. The Morgan fingerprint density at radius 2 is 1.88 bits per heavy atom. The number of carbonyl (C=O) groups excluding carboxylic acids is 1. The van der Waals surface area contributed by atoms with Crippen LogP contribution in [0.5, 0.6) is 0 Å². The molecule has 0 radical (unpaired) electrons. The van der Waals surface area contributed by atoms with Crippen molar-refractivity contribution < 1.29 is 4.79 Å². The molecule has 0 aromatic heterocycles. The zero-order valence-electron chi connectivity index (χ0n) is 11.4. The highest BCUT2D eigenvalue weighted by Crippen LogP contribution is 2.17. The first-order valence-electron chi connectivity index (χ1n) is 5.82. The molecule has 1 rings (SSSR count). The van der Waals surface area contributed by atoms with E-state index in [1.807, 2.05) is 26.1 Å². The van der Waals surface area contributed by atoms with Crippen LogP contribution < -0.4 is 5.73 Å². The lowest BCUT2D eigenvalue weighted by atomic mass is 9.96.